The minimum atomic E-state index is 0.764. The lowest BCUT2D eigenvalue weighted by atomic mass is 10.1. The lowest BCUT2D eigenvalue weighted by Crippen LogP contribution is -1.84. The van der Waals surface area contributed by atoms with Crippen molar-refractivity contribution in [3.63, 3.8) is 0 Å². The van der Waals surface area contributed by atoms with E-state index in [-0.39, 0.29) is 0 Å². The average molecular weight is 177 g/mol. The van der Waals surface area contributed by atoms with E-state index in [1.807, 2.05) is 6.92 Å². The summed E-state index contributed by atoms with van der Waals surface area (Å²) in [6.07, 6.45) is 3.26. The summed E-state index contributed by atoms with van der Waals surface area (Å²) in [5.41, 5.74) is 0. The lowest BCUT2D eigenvalue weighted by Gasteiger charge is -2.00. The van der Waals surface area contributed by atoms with Crippen LogP contribution in [-0.4, -0.2) is 0 Å². The monoisotopic (exact) mass is 176 g/mol. The number of hydrogen-bond acceptors (Lipinski definition) is 0. The van der Waals surface area contributed by atoms with E-state index < -0.39 is 0 Å². The zero-order chi connectivity index (χ0) is 6.57. The molecule has 0 saturated carbocycles. The Morgan fingerprint density at radius 3 is 2.25 bits per heavy atom. The zero-order valence-electron chi connectivity index (χ0n) is 5.74. The van der Waals surface area contributed by atoms with Crippen LogP contribution < -0.4 is 0 Å². The van der Waals surface area contributed by atoms with Gasteiger partial charge in [0, 0.05) is 0 Å². The Morgan fingerprint density at radius 2 is 2.12 bits per heavy atom. The van der Waals surface area contributed by atoms with Gasteiger partial charge in [0.25, 0.3) is 0 Å². The molecular weight excluding hydrogens is 164 g/mol. The van der Waals surface area contributed by atoms with Crippen molar-refractivity contribution in [1.29, 1.82) is 0 Å². The fourth-order valence-corrected chi connectivity index (χ4v) is 1.16. The summed E-state index contributed by atoms with van der Waals surface area (Å²) in [6.45, 7) is 6.47. The highest BCUT2D eigenvalue weighted by atomic mass is 79.9. The van der Waals surface area contributed by atoms with E-state index in [0.717, 1.165) is 12.3 Å². The highest BCUT2D eigenvalue weighted by Crippen LogP contribution is 2.15. The van der Waals surface area contributed by atoms with Crippen molar-refractivity contribution in [2.24, 2.45) is 5.92 Å². The van der Waals surface area contributed by atoms with Crippen molar-refractivity contribution in [1.82, 2.24) is 0 Å². The summed E-state index contributed by atoms with van der Waals surface area (Å²) < 4.78 is 1.31. The first-order chi connectivity index (χ1) is 3.66. The van der Waals surface area contributed by atoms with E-state index in [0.29, 0.717) is 0 Å². The molecule has 0 aliphatic carbocycles. The second kappa shape index (κ2) is 4.13. The first kappa shape index (κ1) is 8.22. The molecule has 0 aliphatic rings. The van der Waals surface area contributed by atoms with Crippen molar-refractivity contribution in [3.05, 3.63) is 10.6 Å². The highest BCUT2D eigenvalue weighted by Gasteiger charge is 1.93. The van der Waals surface area contributed by atoms with E-state index in [1.54, 1.807) is 0 Å². The van der Waals surface area contributed by atoms with Gasteiger partial charge in [0.15, 0.2) is 0 Å². The summed E-state index contributed by atoms with van der Waals surface area (Å²) in [5.74, 6) is 0.764. The lowest BCUT2D eigenvalue weighted by molar-refractivity contribution is 0.659. The second-order valence-electron chi connectivity index (χ2n) is 2.33. The molecule has 0 spiro atoms. The van der Waals surface area contributed by atoms with E-state index in [4.69, 9.17) is 0 Å². The van der Waals surface area contributed by atoms with Gasteiger partial charge in [-0.1, -0.05) is 35.9 Å². The maximum absolute atomic E-state index is 3.44. The third-order valence-corrected chi connectivity index (χ3v) is 1.70. The molecule has 0 nitrogen and oxygen atoms in total. The smallest absolute Gasteiger partial charge is 0.00894 e. The molecule has 0 saturated heterocycles. The Balaban J connectivity index is 3.39. The number of hydrogen-bond donors (Lipinski definition) is 0. The molecule has 0 atom stereocenters. The molecule has 0 aromatic rings. The quantitative estimate of drug-likeness (QED) is 0.606. The predicted molar refractivity (Wildman–Crippen MR) is 42.1 cm³/mol. The van der Waals surface area contributed by atoms with Crippen LogP contribution in [0.1, 0.15) is 27.2 Å². The van der Waals surface area contributed by atoms with Gasteiger partial charge >= 0.3 is 0 Å². The van der Waals surface area contributed by atoms with Gasteiger partial charge < -0.3 is 0 Å². The molecule has 48 valence electrons. The van der Waals surface area contributed by atoms with Crippen molar-refractivity contribution < 1.29 is 0 Å². The van der Waals surface area contributed by atoms with Gasteiger partial charge in [-0.2, -0.15) is 0 Å². The van der Waals surface area contributed by atoms with Gasteiger partial charge in [-0.05, 0) is 23.7 Å². The van der Waals surface area contributed by atoms with Gasteiger partial charge in [-0.3, -0.25) is 0 Å². The number of rotatable bonds is 2. The van der Waals surface area contributed by atoms with Gasteiger partial charge in [-0.15, -0.1) is 0 Å². The largest absolute Gasteiger partial charge is 0.0775 e. The van der Waals surface area contributed by atoms with Crippen molar-refractivity contribution >= 4 is 15.9 Å². The molecule has 0 aliphatic heterocycles. The summed E-state index contributed by atoms with van der Waals surface area (Å²) in [7, 11) is 0. The molecule has 1 heteroatoms. The minimum Gasteiger partial charge on any atom is -0.0775 e. The van der Waals surface area contributed by atoms with Crippen LogP contribution in [-0.2, 0) is 0 Å². The van der Waals surface area contributed by atoms with E-state index in [2.05, 4.69) is 35.9 Å². The number of allylic oxidation sites excluding steroid dienone is 2. The summed E-state index contributed by atoms with van der Waals surface area (Å²) in [4.78, 5) is 0. The van der Waals surface area contributed by atoms with Crippen LogP contribution >= 0.6 is 15.9 Å². The van der Waals surface area contributed by atoms with Gasteiger partial charge in [0.1, 0.15) is 0 Å². The Hall–Kier alpha value is 0.220. The molecule has 0 amide bonds. The maximum atomic E-state index is 3.44. The SMILES string of the molecule is C/C=C(/Br)CC(C)C. The maximum Gasteiger partial charge on any atom is -0.00894 e. The molecule has 0 unspecified atom stereocenters. The molecule has 0 radical (unpaired) electrons. The van der Waals surface area contributed by atoms with Crippen LogP contribution in [0.25, 0.3) is 0 Å². The zero-order valence-corrected chi connectivity index (χ0v) is 7.33. The second-order valence-corrected chi connectivity index (χ2v) is 3.35. The molecule has 0 aromatic carbocycles. The topological polar surface area (TPSA) is 0 Å². The molecule has 0 N–H and O–H groups in total. The molecule has 0 aromatic heterocycles. The predicted octanol–water partition coefficient (Wildman–Crippen LogP) is 3.33. The fraction of sp³-hybridized carbons (Fsp3) is 0.714. The first-order valence-corrected chi connectivity index (χ1v) is 3.76. The van der Waals surface area contributed by atoms with Crippen molar-refractivity contribution in [2.75, 3.05) is 0 Å². The van der Waals surface area contributed by atoms with Gasteiger partial charge in [-0.25, -0.2) is 0 Å². The van der Waals surface area contributed by atoms with Crippen molar-refractivity contribution in [2.45, 2.75) is 27.2 Å². The Labute approximate surface area is 60.1 Å². The third kappa shape index (κ3) is 4.38. The average Bonchev–Trinajstić information content (AvgIpc) is 1.65. The molecule has 0 heterocycles. The molecular formula is C7H13Br. The Bertz CT molecular complexity index is 82.4. The van der Waals surface area contributed by atoms with Crippen LogP contribution in [0.15, 0.2) is 10.6 Å². The minimum absolute atomic E-state index is 0.764. The Morgan fingerprint density at radius 1 is 1.62 bits per heavy atom. The standard InChI is InChI=1S/C7H13Br/c1-4-7(8)5-6(2)3/h4,6H,5H2,1-3H3/b7-4+. The molecule has 0 fully saturated rings. The molecule has 8 heavy (non-hydrogen) atoms. The molecule has 0 rings (SSSR count). The summed E-state index contributed by atoms with van der Waals surface area (Å²) in [5, 5.41) is 0. The first-order valence-electron chi connectivity index (χ1n) is 2.97. The van der Waals surface area contributed by atoms with Gasteiger partial charge in [0.2, 0.25) is 0 Å². The van der Waals surface area contributed by atoms with Crippen LogP contribution in [0.2, 0.25) is 0 Å². The normalized spacial score (nSPS) is 12.9. The van der Waals surface area contributed by atoms with E-state index >= 15 is 0 Å². The fourth-order valence-electron chi connectivity index (χ4n) is 0.508. The summed E-state index contributed by atoms with van der Waals surface area (Å²) >= 11 is 3.44. The highest BCUT2D eigenvalue weighted by molar-refractivity contribution is 9.11. The molecule has 0 bridgehead atoms. The van der Waals surface area contributed by atoms with E-state index in [1.165, 1.54) is 4.48 Å². The van der Waals surface area contributed by atoms with Crippen LogP contribution in [0, 0.1) is 5.92 Å². The Kier molecular flexibility index (Phi) is 4.25. The van der Waals surface area contributed by atoms with E-state index in [9.17, 15) is 0 Å². The van der Waals surface area contributed by atoms with Crippen molar-refractivity contribution in [3.8, 4) is 0 Å². The van der Waals surface area contributed by atoms with Crippen LogP contribution in [0.5, 0.6) is 0 Å². The summed E-state index contributed by atoms with van der Waals surface area (Å²) in [6, 6.07) is 0. The number of halogens is 1. The van der Waals surface area contributed by atoms with Crippen LogP contribution in [0.4, 0.5) is 0 Å². The third-order valence-electron chi connectivity index (χ3n) is 0.916. The van der Waals surface area contributed by atoms with Gasteiger partial charge in [0.05, 0.1) is 0 Å². The van der Waals surface area contributed by atoms with Crippen LogP contribution in [0.3, 0.4) is 0 Å².